The standard InChI is InChI=1S/C8H16O/c1-3-5-6-7-8-9-4-2/h8H,1,3-7H2,2H3. The molecule has 9 heavy (non-hydrogen) atoms. The zero-order chi connectivity index (χ0) is 6.95. The average molecular weight is 128 g/mol. The molecule has 0 aromatic rings. The summed E-state index contributed by atoms with van der Waals surface area (Å²) in [6, 6.07) is 0. The van der Waals surface area contributed by atoms with Crippen molar-refractivity contribution < 1.29 is 4.74 Å². The molecule has 0 saturated heterocycles. The Bertz CT molecular complexity index is 37.8. The lowest BCUT2D eigenvalue weighted by Gasteiger charge is -1.97. The van der Waals surface area contributed by atoms with E-state index >= 15 is 0 Å². The fourth-order valence-corrected chi connectivity index (χ4v) is 0.606. The second-order valence-electron chi connectivity index (χ2n) is 1.97. The molecule has 0 aromatic carbocycles. The van der Waals surface area contributed by atoms with Gasteiger partial charge < -0.3 is 4.74 Å². The van der Waals surface area contributed by atoms with Crippen molar-refractivity contribution in [1.29, 1.82) is 0 Å². The van der Waals surface area contributed by atoms with Gasteiger partial charge in [-0.2, -0.15) is 0 Å². The maximum Gasteiger partial charge on any atom is 0.0836 e. The van der Waals surface area contributed by atoms with Crippen LogP contribution >= 0.6 is 0 Å². The van der Waals surface area contributed by atoms with Crippen molar-refractivity contribution in [2.45, 2.75) is 32.6 Å². The molecule has 0 atom stereocenters. The second-order valence-corrected chi connectivity index (χ2v) is 1.97. The molecule has 1 heteroatoms. The van der Waals surface area contributed by atoms with Crippen molar-refractivity contribution in [3.63, 3.8) is 0 Å². The van der Waals surface area contributed by atoms with Gasteiger partial charge >= 0.3 is 0 Å². The van der Waals surface area contributed by atoms with E-state index in [-0.39, 0.29) is 0 Å². The highest BCUT2D eigenvalue weighted by Gasteiger charge is 1.86. The van der Waals surface area contributed by atoms with Gasteiger partial charge in [0.2, 0.25) is 0 Å². The van der Waals surface area contributed by atoms with Gasteiger partial charge in [-0.25, -0.2) is 0 Å². The monoisotopic (exact) mass is 128 g/mol. The van der Waals surface area contributed by atoms with Crippen LogP contribution in [0.3, 0.4) is 0 Å². The van der Waals surface area contributed by atoms with E-state index in [4.69, 9.17) is 4.74 Å². The van der Waals surface area contributed by atoms with E-state index < -0.39 is 0 Å². The van der Waals surface area contributed by atoms with E-state index in [0.29, 0.717) is 0 Å². The maximum absolute atomic E-state index is 5.03. The molecular weight excluding hydrogens is 112 g/mol. The Kier molecular flexibility index (Phi) is 7.92. The summed E-state index contributed by atoms with van der Waals surface area (Å²) in [6.45, 7) is 8.43. The lowest BCUT2D eigenvalue weighted by atomic mass is 10.2. The van der Waals surface area contributed by atoms with Gasteiger partial charge in [-0.05, 0) is 13.3 Å². The van der Waals surface area contributed by atoms with Crippen molar-refractivity contribution in [3.05, 3.63) is 13.5 Å². The van der Waals surface area contributed by atoms with Crippen LogP contribution in [0.15, 0.2) is 0 Å². The van der Waals surface area contributed by atoms with Crippen molar-refractivity contribution in [2.24, 2.45) is 0 Å². The molecule has 2 radical (unpaired) electrons. The zero-order valence-electron chi connectivity index (χ0n) is 6.23. The first-order valence-corrected chi connectivity index (χ1v) is 3.64. The molecule has 0 saturated carbocycles. The van der Waals surface area contributed by atoms with Crippen LogP contribution < -0.4 is 0 Å². The molecule has 0 N–H and O–H groups in total. The van der Waals surface area contributed by atoms with Gasteiger partial charge in [-0.15, -0.1) is 0 Å². The van der Waals surface area contributed by atoms with E-state index in [1.807, 2.05) is 13.5 Å². The summed E-state index contributed by atoms with van der Waals surface area (Å²) in [5.74, 6) is 0. The Morgan fingerprint density at radius 3 is 2.78 bits per heavy atom. The zero-order valence-corrected chi connectivity index (χ0v) is 6.23. The van der Waals surface area contributed by atoms with Crippen molar-refractivity contribution in [2.75, 3.05) is 6.61 Å². The molecule has 0 aliphatic rings. The molecule has 0 aromatic heterocycles. The molecule has 0 amide bonds. The summed E-state index contributed by atoms with van der Waals surface area (Å²) in [6.07, 6.45) is 4.54. The topological polar surface area (TPSA) is 9.23 Å². The summed E-state index contributed by atoms with van der Waals surface area (Å²) in [4.78, 5) is 0. The van der Waals surface area contributed by atoms with Gasteiger partial charge in [0.25, 0.3) is 0 Å². The molecule has 0 rings (SSSR count). The molecule has 0 heterocycles. The highest BCUT2D eigenvalue weighted by Crippen LogP contribution is 2.01. The minimum Gasteiger partial charge on any atom is -0.376 e. The van der Waals surface area contributed by atoms with Crippen LogP contribution in [0.5, 0.6) is 0 Å². The first-order chi connectivity index (χ1) is 4.41. The van der Waals surface area contributed by atoms with Gasteiger partial charge in [-0.1, -0.05) is 26.2 Å². The lowest BCUT2D eigenvalue weighted by Crippen LogP contribution is -1.85. The highest BCUT2D eigenvalue weighted by molar-refractivity contribution is 4.51. The Labute approximate surface area is 58.4 Å². The van der Waals surface area contributed by atoms with E-state index in [2.05, 4.69) is 6.92 Å². The molecule has 0 aliphatic heterocycles. The molecule has 0 spiro atoms. The minimum atomic E-state index is 0.796. The average Bonchev–Trinajstić information content (AvgIpc) is 1.89. The Morgan fingerprint density at radius 1 is 1.44 bits per heavy atom. The molecular formula is C8H16O. The Hall–Kier alpha value is -0.0400. The van der Waals surface area contributed by atoms with E-state index in [0.717, 1.165) is 19.4 Å². The quantitative estimate of drug-likeness (QED) is 0.499. The summed E-state index contributed by atoms with van der Waals surface area (Å²) in [5.41, 5.74) is 0. The van der Waals surface area contributed by atoms with E-state index in [1.165, 1.54) is 12.8 Å². The number of hydrogen-bond donors (Lipinski definition) is 0. The second kappa shape index (κ2) is 7.96. The third-order valence-corrected chi connectivity index (χ3v) is 1.11. The predicted octanol–water partition coefficient (Wildman–Crippen LogP) is 2.58. The van der Waals surface area contributed by atoms with E-state index in [1.54, 1.807) is 0 Å². The van der Waals surface area contributed by atoms with Crippen LogP contribution in [0.1, 0.15) is 32.6 Å². The first-order valence-electron chi connectivity index (χ1n) is 3.64. The van der Waals surface area contributed by atoms with Gasteiger partial charge in [0.05, 0.1) is 6.61 Å². The Morgan fingerprint density at radius 2 is 2.22 bits per heavy atom. The van der Waals surface area contributed by atoms with Crippen molar-refractivity contribution in [3.8, 4) is 0 Å². The van der Waals surface area contributed by atoms with Crippen LogP contribution in [0.2, 0.25) is 0 Å². The third kappa shape index (κ3) is 7.96. The summed E-state index contributed by atoms with van der Waals surface area (Å²) in [5, 5.41) is 0. The number of ether oxygens (including phenoxy) is 1. The number of unbranched alkanes of at least 4 members (excludes halogenated alkanes) is 3. The largest absolute Gasteiger partial charge is 0.376 e. The molecule has 0 unspecified atom stereocenters. The third-order valence-electron chi connectivity index (χ3n) is 1.11. The van der Waals surface area contributed by atoms with Crippen molar-refractivity contribution >= 4 is 0 Å². The fraction of sp³-hybridized carbons (Fsp3) is 0.750. The fourth-order valence-electron chi connectivity index (χ4n) is 0.606. The number of hydrogen-bond acceptors (Lipinski definition) is 1. The maximum atomic E-state index is 5.03. The molecule has 54 valence electrons. The van der Waals surface area contributed by atoms with Gasteiger partial charge in [0, 0.05) is 6.61 Å². The SMILES string of the molecule is [CH2]CCCC[CH]OCC. The first kappa shape index (κ1) is 8.96. The number of rotatable bonds is 6. The highest BCUT2D eigenvalue weighted by atomic mass is 16.5. The summed E-state index contributed by atoms with van der Waals surface area (Å²) < 4.78 is 5.03. The summed E-state index contributed by atoms with van der Waals surface area (Å²) in [7, 11) is 0. The normalized spacial score (nSPS) is 10.0. The smallest absolute Gasteiger partial charge is 0.0836 e. The molecule has 0 bridgehead atoms. The van der Waals surface area contributed by atoms with Gasteiger partial charge in [0.1, 0.15) is 0 Å². The molecule has 0 fully saturated rings. The van der Waals surface area contributed by atoms with E-state index in [9.17, 15) is 0 Å². The van der Waals surface area contributed by atoms with Gasteiger partial charge in [-0.3, -0.25) is 0 Å². The summed E-state index contributed by atoms with van der Waals surface area (Å²) >= 11 is 0. The van der Waals surface area contributed by atoms with Crippen LogP contribution in [0.25, 0.3) is 0 Å². The van der Waals surface area contributed by atoms with Crippen LogP contribution in [-0.4, -0.2) is 6.61 Å². The van der Waals surface area contributed by atoms with Crippen LogP contribution in [0.4, 0.5) is 0 Å². The predicted molar refractivity (Wildman–Crippen MR) is 39.8 cm³/mol. The van der Waals surface area contributed by atoms with Crippen LogP contribution in [0, 0.1) is 13.5 Å². The lowest BCUT2D eigenvalue weighted by molar-refractivity contribution is 0.206. The molecule has 1 nitrogen and oxygen atoms in total. The van der Waals surface area contributed by atoms with Crippen LogP contribution in [-0.2, 0) is 4.74 Å². The minimum absolute atomic E-state index is 0.796. The molecule has 0 aliphatic carbocycles. The van der Waals surface area contributed by atoms with Crippen molar-refractivity contribution in [1.82, 2.24) is 0 Å². The Balaban J connectivity index is 2.60. The van der Waals surface area contributed by atoms with Gasteiger partial charge in [0.15, 0.2) is 0 Å².